The van der Waals surface area contributed by atoms with E-state index in [0.29, 0.717) is 18.5 Å². The van der Waals surface area contributed by atoms with Crippen LogP contribution in [0.3, 0.4) is 0 Å². The molecule has 0 aromatic heterocycles. The molecule has 0 saturated carbocycles. The van der Waals surface area contributed by atoms with Crippen LogP contribution in [-0.4, -0.2) is 47.7 Å². The highest BCUT2D eigenvalue weighted by molar-refractivity contribution is 6.30. The van der Waals surface area contributed by atoms with E-state index in [1.807, 2.05) is 0 Å². The third kappa shape index (κ3) is 5.20. The first-order chi connectivity index (χ1) is 18.6. The third-order valence-electron chi connectivity index (χ3n) is 6.67. The lowest BCUT2D eigenvalue weighted by Crippen LogP contribution is -2.43. The first-order valence-corrected chi connectivity index (χ1v) is 12.0. The number of nitrogens with one attached hydrogen (secondary N) is 1. The maximum absolute atomic E-state index is 14.8. The summed E-state index contributed by atoms with van der Waals surface area (Å²) in [7, 11) is 0. The van der Waals surface area contributed by atoms with Crippen molar-refractivity contribution in [3.8, 4) is 12.3 Å². The molecule has 0 bridgehead atoms. The van der Waals surface area contributed by atoms with Gasteiger partial charge in [0.05, 0.1) is 29.3 Å². The summed E-state index contributed by atoms with van der Waals surface area (Å²) in [5.41, 5.74) is -6.54. The van der Waals surface area contributed by atoms with Crippen LogP contribution in [0.4, 0.5) is 30.7 Å². The van der Waals surface area contributed by atoms with E-state index in [9.17, 15) is 40.3 Å². The summed E-state index contributed by atoms with van der Waals surface area (Å²) < 4.78 is 97.5. The molecule has 1 fully saturated rings. The summed E-state index contributed by atoms with van der Waals surface area (Å²) in [6.07, 6.45) is -6.12. The van der Waals surface area contributed by atoms with E-state index >= 15 is 0 Å². The van der Waals surface area contributed by atoms with Gasteiger partial charge >= 0.3 is 12.4 Å². The standard InChI is InChI=1S/C26H19ClF7N3O3/c1-3-7-37-8-6-19(23(37)39)35-22(38)16-5-4-14(9-13(16)2)20-12-24(40-36-20,26(32,33)34)17-10-15(25(29,30)31)11-18(27)21(17)28/h1,4-5,9-11,19H,6-8,12H2,2H3,(H,35,38). The van der Waals surface area contributed by atoms with E-state index in [1.165, 1.54) is 30.0 Å². The van der Waals surface area contributed by atoms with Crippen molar-refractivity contribution < 1.29 is 45.2 Å². The normalized spacial score (nSPS) is 21.2. The maximum Gasteiger partial charge on any atom is 0.435 e. The molecule has 0 radical (unpaired) electrons. The van der Waals surface area contributed by atoms with Crippen LogP contribution in [0.5, 0.6) is 0 Å². The monoisotopic (exact) mass is 589 g/mol. The molecule has 0 aliphatic carbocycles. The van der Waals surface area contributed by atoms with Gasteiger partial charge in [-0.15, -0.1) is 6.42 Å². The van der Waals surface area contributed by atoms with Gasteiger partial charge in [0.25, 0.3) is 11.5 Å². The molecule has 2 amide bonds. The van der Waals surface area contributed by atoms with Crippen molar-refractivity contribution in [1.29, 1.82) is 0 Å². The van der Waals surface area contributed by atoms with Crippen LogP contribution in [0.2, 0.25) is 5.02 Å². The van der Waals surface area contributed by atoms with Gasteiger partial charge in [0.1, 0.15) is 11.9 Å². The second-order valence-corrected chi connectivity index (χ2v) is 9.66. The number of benzene rings is 2. The summed E-state index contributed by atoms with van der Waals surface area (Å²) in [4.78, 5) is 31.2. The van der Waals surface area contributed by atoms with Gasteiger partial charge in [-0.1, -0.05) is 28.7 Å². The Hall–Kier alpha value is -3.79. The van der Waals surface area contributed by atoms with Crippen molar-refractivity contribution in [2.75, 3.05) is 13.1 Å². The summed E-state index contributed by atoms with van der Waals surface area (Å²) in [5.74, 6) is -0.332. The second-order valence-electron chi connectivity index (χ2n) is 9.26. The number of aryl methyl sites for hydroxylation is 1. The van der Waals surface area contributed by atoms with Crippen LogP contribution in [0.25, 0.3) is 0 Å². The van der Waals surface area contributed by atoms with Gasteiger partial charge in [0, 0.05) is 17.7 Å². The molecule has 4 rings (SSSR count). The highest BCUT2D eigenvalue weighted by Gasteiger charge is 2.64. The number of carbonyl (C=O) groups is 2. The van der Waals surface area contributed by atoms with Crippen LogP contribution < -0.4 is 5.32 Å². The fraction of sp³-hybridized carbons (Fsp3) is 0.346. The zero-order valence-corrected chi connectivity index (χ0v) is 21.3. The van der Waals surface area contributed by atoms with Crippen LogP contribution in [-0.2, 0) is 21.4 Å². The Balaban J connectivity index is 1.61. The number of carbonyl (C=O) groups excluding carboxylic acids is 2. The molecule has 14 heteroatoms. The minimum absolute atomic E-state index is 0.000879. The number of terminal acetylenes is 1. The van der Waals surface area contributed by atoms with Crippen molar-refractivity contribution in [1.82, 2.24) is 10.2 Å². The quantitative estimate of drug-likeness (QED) is 0.378. The number of rotatable bonds is 5. The van der Waals surface area contributed by atoms with Crippen LogP contribution in [0.1, 0.15) is 45.5 Å². The molecule has 40 heavy (non-hydrogen) atoms. The number of likely N-dealkylation sites (tertiary alicyclic amines) is 1. The number of amides is 2. The van der Waals surface area contributed by atoms with Gasteiger partial charge in [0.15, 0.2) is 0 Å². The molecule has 212 valence electrons. The van der Waals surface area contributed by atoms with E-state index in [0.717, 1.165) is 0 Å². The van der Waals surface area contributed by atoms with Crippen LogP contribution in [0, 0.1) is 25.1 Å². The Morgan fingerprint density at radius 2 is 1.95 bits per heavy atom. The maximum atomic E-state index is 14.8. The minimum atomic E-state index is -5.40. The van der Waals surface area contributed by atoms with Crippen molar-refractivity contribution in [2.45, 2.75) is 43.8 Å². The summed E-state index contributed by atoms with van der Waals surface area (Å²) in [6, 6.07) is 3.25. The van der Waals surface area contributed by atoms with Crippen molar-refractivity contribution in [3.63, 3.8) is 0 Å². The van der Waals surface area contributed by atoms with Gasteiger partial charge in [-0.05, 0) is 48.7 Å². The zero-order valence-electron chi connectivity index (χ0n) is 20.5. The van der Waals surface area contributed by atoms with E-state index in [4.69, 9.17) is 18.0 Å². The van der Waals surface area contributed by atoms with Gasteiger partial charge in [-0.3, -0.25) is 9.59 Å². The second kappa shape index (κ2) is 10.3. The topological polar surface area (TPSA) is 71.0 Å². The summed E-state index contributed by atoms with van der Waals surface area (Å²) in [5, 5.41) is 4.87. The van der Waals surface area contributed by atoms with Crippen molar-refractivity contribution >= 4 is 29.1 Å². The number of hydrogen-bond donors (Lipinski definition) is 1. The molecule has 1 saturated heterocycles. The molecule has 2 heterocycles. The van der Waals surface area contributed by atoms with Crippen LogP contribution in [0.15, 0.2) is 35.5 Å². The minimum Gasteiger partial charge on any atom is -0.374 e. The van der Waals surface area contributed by atoms with E-state index in [2.05, 4.69) is 21.2 Å². The summed E-state index contributed by atoms with van der Waals surface area (Å²) >= 11 is 5.52. The number of alkyl halides is 6. The van der Waals surface area contributed by atoms with Crippen molar-refractivity contribution in [2.24, 2.45) is 5.16 Å². The number of oxime groups is 1. The Bertz CT molecular complexity index is 1450. The van der Waals surface area contributed by atoms with E-state index in [1.54, 1.807) is 0 Å². The fourth-order valence-electron chi connectivity index (χ4n) is 4.56. The first kappa shape index (κ1) is 29.2. The molecule has 1 N–H and O–H groups in total. The molecule has 2 aliphatic heterocycles. The average molecular weight is 590 g/mol. The van der Waals surface area contributed by atoms with Gasteiger partial charge in [0.2, 0.25) is 5.91 Å². The molecular weight excluding hydrogens is 571 g/mol. The van der Waals surface area contributed by atoms with E-state index in [-0.39, 0.29) is 41.4 Å². The van der Waals surface area contributed by atoms with Crippen LogP contribution >= 0.6 is 11.6 Å². The summed E-state index contributed by atoms with van der Waals surface area (Å²) in [6.45, 7) is 1.95. The van der Waals surface area contributed by atoms with Gasteiger partial charge in [-0.2, -0.15) is 26.3 Å². The fourth-order valence-corrected chi connectivity index (χ4v) is 4.78. The SMILES string of the molecule is C#CCN1CCC(NC(=O)c2ccc(C3=NOC(c4cc(C(F)(F)F)cc(Cl)c4F)(C(F)(F)F)C3)cc2C)C1=O. The lowest BCUT2D eigenvalue weighted by Gasteiger charge is -2.30. The van der Waals surface area contributed by atoms with Gasteiger partial charge < -0.3 is 15.1 Å². The first-order valence-electron chi connectivity index (χ1n) is 11.6. The van der Waals surface area contributed by atoms with Crippen molar-refractivity contribution in [3.05, 3.63) is 69.0 Å². The Labute approximate surface area is 228 Å². The molecule has 2 aliphatic rings. The highest BCUT2D eigenvalue weighted by Crippen LogP contribution is 2.51. The zero-order chi connectivity index (χ0) is 29.6. The Morgan fingerprint density at radius 3 is 2.55 bits per heavy atom. The molecule has 0 spiro atoms. The number of nitrogens with zero attached hydrogens (tertiary/aromatic N) is 2. The molecule has 2 unspecified atom stereocenters. The lowest BCUT2D eigenvalue weighted by molar-refractivity contribution is -0.276. The molecule has 2 aromatic rings. The van der Waals surface area contributed by atoms with Gasteiger partial charge in [-0.25, -0.2) is 4.39 Å². The molecular formula is C26H19ClF7N3O3. The van der Waals surface area contributed by atoms with E-state index < -0.39 is 58.3 Å². The lowest BCUT2D eigenvalue weighted by atomic mass is 9.85. The Morgan fingerprint density at radius 1 is 1.25 bits per heavy atom. The predicted molar refractivity (Wildman–Crippen MR) is 129 cm³/mol. The Kier molecular flexibility index (Phi) is 7.53. The average Bonchev–Trinajstić information content (AvgIpc) is 3.46. The largest absolute Gasteiger partial charge is 0.435 e. The molecule has 2 aromatic carbocycles. The molecule has 2 atom stereocenters. The molecule has 6 nitrogen and oxygen atoms in total. The number of halogens is 8. The third-order valence-corrected chi connectivity index (χ3v) is 6.94. The smallest absolute Gasteiger partial charge is 0.374 e. The highest BCUT2D eigenvalue weighted by atomic mass is 35.5. The number of hydrogen-bond acceptors (Lipinski definition) is 4. The predicted octanol–water partition coefficient (Wildman–Crippen LogP) is 5.35.